The van der Waals surface area contributed by atoms with E-state index in [0.29, 0.717) is 23.7 Å². The molecular weight excluding hydrogens is 424 g/mol. The van der Waals surface area contributed by atoms with Crippen LogP contribution in [0.25, 0.3) is 10.9 Å². The zero-order valence-electron chi connectivity index (χ0n) is 19.5. The first-order valence-corrected chi connectivity index (χ1v) is 12.2. The summed E-state index contributed by atoms with van der Waals surface area (Å²) in [4.78, 5) is 9.62. The van der Waals surface area contributed by atoms with Gasteiger partial charge in [0.1, 0.15) is 6.07 Å². The van der Waals surface area contributed by atoms with E-state index in [9.17, 15) is 5.26 Å². The molecule has 3 aliphatic rings. The molecule has 0 amide bonds. The van der Waals surface area contributed by atoms with Gasteiger partial charge in [-0.1, -0.05) is 6.07 Å². The summed E-state index contributed by atoms with van der Waals surface area (Å²) in [5.41, 5.74) is 6.62. The lowest BCUT2D eigenvalue weighted by atomic mass is 9.99. The number of morpholine rings is 1. The minimum absolute atomic E-state index is 0.360. The summed E-state index contributed by atoms with van der Waals surface area (Å²) in [6, 6.07) is 18.3. The number of hydrogen-bond acceptors (Lipinski definition) is 7. The summed E-state index contributed by atoms with van der Waals surface area (Å²) >= 11 is 0. The van der Waals surface area contributed by atoms with Crippen LogP contribution in [0.1, 0.15) is 29.7 Å². The molecule has 7 heteroatoms. The van der Waals surface area contributed by atoms with Gasteiger partial charge in [0.2, 0.25) is 0 Å². The van der Waals surface area contributed by atoms with Crippen molar-refractivity contribution in [1.82, 2.24) is 15.2 Å². The first kappa shape index (κ1) is 21.4. The Hall–Kier alpha value is -3.18. The second kappa shape index (κ2) is 8.88. The largest absolute Gasteiger partial charge is 0.383 e. The van der Waals surface area contributed by atoms with Gasteiger partial charge in [-0.15, -0.1) is 0 Å². The molecule has 3 aromatic rings. The van der Waals surface area contributed by atoms with Gasteiger partial charge >= 0.3 is 0 Å². The molecule has 1 unspecified atom stereocenters. The molecule has 0 spiro atoms. The Morgan fingerprint density at radius 3 is 3.03 bits per heavy atom. The summed E-state index contributed by atoms with van der Waals surface area (Å²) in [6.07, 6.45) is 1.77. The van der Waals surface area contributed by atoms with Crippen LogP contribution in [0.4, 0.5) is 11.4 Å². The van der Waals surface area contributed by atoms with Crippen molar-refractivity contribution in [3.8, 4) is 6.07 Å². The minimum Gasteiger partial charge on any atom is -0.383 e. The highest BCUT2D eigenvalue weighted by atomic mass is 16.5. The number of rotatable bonds is 4. The van der Waals surface area contributed by atoms with E-state index in [1.54, 1.807) is 6.20 Å². The average Bonchev–Trinajstić information content (AvgIpc) is 3.26. The fraction of sp³-hybridized carbons (Fsp3) is 0.407. The number of nitrogens with zero attached hydrogens (tertiary/aromatic N) is 4. The van der Waals surface area contributed by atoms with E-state index >= 15 is 0 Å². The zero-order chi connectivity index (χ0) is 23.1. The quantitative estimate of drug-likeness (QED) is 0.627. The monoisotopic (exact) mass is 454 g/mol. The molecule has 0 radical (unpaired) electrons. The number of ether oxygens (including phenoxy) is 1. The highest BCUT2D eigenvalue weighted by Gasteiger charge is 2.39. The highest BCUT2D eigenvalue weighted by molar-refractivity contribution is 5.95. The number of benzene rings is 2. The Balaban J connectivity index is 1.24. The first-order valence-electron chi connectivity index (χ1n) is 12.2. The third-order valence-corrected chi connectivity index (χ3v) is 7.46. The molecule has 0 saturated carbocycles. The standard InChI is InChI=1S/C27H30N6O/c1-18-14-32(25-7-4-19(12-28)27-24(25)3-2-8-30-27)16-26-23-6-5-21(11-20(23)15-33(18)26)31-13-22-17-34-10-9-29-22/h2-8,11,18,22,26,29,31H,9-10,13-17H2,1H3/t18-,22?,26-/m1/s1. The van der Waals surface area contributed by atoms with Gasteiger partial charge in [0.25, 0.3) is 0 Å². The minimum atomic E-state index is 0.360. The Morgan fingerprint density at radius 2 is 2.18 bits per heavy atom. The fourth-order valence-electron chi connectivity index (χ4n) is 5.75. The van der Waals surface area contributed by atoms with Gasteiger partial charge in [0, 0.05) is 67.8 Å². The van der Waals surface area contributed by atoms with E-state index in [1.165, 1.54) is 22.5 Å². The Kier molecular flexibility index (Phi) is 5.58. The molecule has 1 aromatic heterocycles. The van der Waals surface area contributed by atoms with Crippen molar-refractivity contribution in [1.29, 1.82) is 5.26 Å². The molecule has 0 bridgehead atoms. The molecule has 2 aromatic carbocycles. The Labute approximate surface area is 200 Å². The van der Waals surface area contributed by atoms with Crippen LogP contribution < -0.4 is 15.5 Å². The maximum atomic E-state index is 9.52. The van der Waals surface area contributed by atoms with Crippen LogP contribution in [0.2, 0.25) is 0 Å². The van der Waals surface area contributed by atoms with Crippen LogP contribution in [-0.2, 0) is 11.3 Å². The SMILES string of the molecule is C[C@@H]1CN(c2ccc(C#N)c3ncccc23)C[C@@H]2c3ccc(NCC4COCCN4)cc3CN12. The van der Waals surface area contributed by atoms with Gasteiger partial charge in [-0.25, -0.2) is 0 Å². The van der Waals surface area contributed by atoms with Gasteiger partial charge in [0.05, 0.1) is 30.3 Å². The smallest absolute Gasteiger partial charge is 0.101 e. The summed E-state index contributed by atoms with van der Waals surface area (Å²) < 4.78 is 5.57. The molecule has 174 valence electrons. The third-order valence-electron chi connectivity index (χ3n) is 7.46. The lowest BCUT2D eigenvalue weighted by Crippen LogP contribution is -2.51. The molecule has 3 aliphatic heterocycles. The van der Waals surface area contributed by atoms with Crippen LogP contribution in [0.3, 0.4) is 0 Å². The second-order valence-electron chi connectivity index (χ2n) is 9.61. The topological polar surface area (TPSA) is 76.5 Å². The fourth-order valence-corrected chi connectivity index (χ4v) is 5.75. The van der Waals surface area contributed by atoms with Gasteiger partial charge in [-0.2, -0.15) is 5.26 Å². The maximum Gasteiger partial charge on any atom is 0.101 e. The van der Waals surface area contributed by atoms with Crippen molar-refractivity contribution in [3.63, 3.8) is 0 Å². The van der Waals surface area contributed by atoms with Crippen LogP contribution >= 0.6 is 0 Å². The maximum absolute atomic E-state index is 9.52. The van der Waals surface area contributed by atoms with Crippen molar-refractivity contribution in [2.45, 2.75) is 31.6 Å². The van der Waals surface area contributed by atoms with Crippen molar-refractivity contribution in [2.24, 2.45) is 0 Å². The number of anilines is 2. The molecule has 7 nitrogen and oxygen atoms in total. The van der Waals surface area contributed by atoms with Gasteiger partial charge < -0.3 is 20.3 Å². The first-order chi connectivity index (χ1) is 16.7. The van der Waals surface area contributed by atoms with Crippen molar-refractivity contribution in [3.05, 3.63) is 65.4 Å². The summed E-state index contributed by atoms with van der Waals surface area (Å²) in [6.45, 7) is 8.56. The second-order valence-corrected chi connectivity index (χ2v) is 9.61. The molecule has 6 rings (SSSR count). The van der Waals surface area contributed by atoms with Gasteiger partial charge in [0.15, 0.2) is 0 Å². The van der Waals surface area contributed by atoms with Crippen LogP contribution in [0.15, 0.2) is 48.7 Å². The van der Waals surface area contributed by atoms with Gasteiger partial charge in [-0.3, -0.25) is 9.88 Å². The van der Waals surface area contributed by atoms with E-state index in [0.717, 1.165) is 56.8 Å². The predicted octanol–water partition coefficient (Wildman–Crippen LogP) is 3.27. The van der Waals surface area contributed by atoms with Crippen molar-refractivity contribution < 1.29 is 4.74 Å². The number of hydrogen-bond donors (Lipinski definition) is 2. The molecular formula is C27H30N6O. The molecule has 0 aliphatic carbocycles. The molecule has 2 saturated heterocycles. The molecule has 4 heterocycles. The van der Waals surface area contributed by atoms with E-state index < -0.39 is 0 Å². The summed E-state index contributed by atoms with van der Waals surface area (Å²) in [7, 11) is 0. The Morgan fingerprint density at radius 1 is 1.24 bits per heavy atom. The Bertz CT molecular complexity index is 1250. The van der Waals surface area contributed by atoms with Crippen LogP contribution in [0, 0.1) is 11.3 Å². The van der Waals surface area contributed by atoms with Crippen LogP contribution in [0.5, 0.6) is 0 Å². The molecule has 2 fully saturated rings. The van der Waals surface area contributed by atoms with Crippen LogP contribution in [-0.4, -0.2) is 61.4 Å². The number of pyridine rings is 1. The lowest BCUT2D eigenvalue weighted by Gasteiger charge is -2.43. The normalized spacial score (nSPS) is 24.5. The molecule has 2 N–H and O–H groups in total. The average molecular weight is 455 g/mol. The zero-order valence-corrected chi connectivity index (χ0v) is 19.5. The number of fused-ring (bicyclic) bond motifs is 4. The summed E-state index contributed by atoms with van der Waals surface area (Å²) in [5.74, 6) is 0. The van der Waals surface area contributed by atoms with Crippen molar-refractivity contribution >= 4 is 22.3 Å². The van der Waals surface area contributed by atoms with E-state index in [2.05, 4.69) is 68.7 Å². The van der Waals surface area contributed by atoms with Gasteiger partial charge in [-0.05, 0) is 54.4 Å². The number of aromatic nitrogens is 1. The number of nitriles is 1. The third kappa shape index (κ3) is 3.78. The molecule has 34 heavy (non-hydrogen) atoms. The molecule has 3 atom stereocenters. The van der Waals surface area contributed by atoms with Crippen molar-refractivity contribution in [2.75, 3.05) is 49.6 Å². The highest BCUT2D eigenvalue weighted by Crippen LogP contribution is 2.41. The van der Waals surface area contributed by atoms with E-state index in [1.807, 2.05) is 12.1 Å². The summed E-state index contributed by atoms with van der Waals surface area (Å²) in [5, 5.41) is 17.7. The van der Waals surface area contributed by atoms with E-state index in [-0.39, 0.29) is 0 Å². The lowest BCUT2D eigenvalue weighted by molar-refractivity contribution is 0.0806. The number of piperazine rings is 1. The predicted molar refractivity (Wildman–Crippen MR) is 134 cm³/mol. The van der Waals surface area contributed by atoms with E-state index in [4.69, 9.17) is 4.74 Å². The number of nitrogens with one attached hydrogen (secondary N) is 2.